The van der Waals surface area contributed by atoms with Crippen LogP contribution in [0.4, 0.5) is 0 Å². The van der Waals surface area contributed by atoms with Crippen LogP contribution < -0.4 is 0 Å². The lowest BCUT2D eigenvalue weighted by Gasteiger charge is -2.29. The lowest BCUT2D eigenvalue weighted by Crippen LogP contribution is -2.17. The van der Waals surface area contributed by atoms with Gasteiger partial charge in [-0.1, -0.05) is 60.6 Å². The highest BCUT2D eigenvalue weighted by Gasteiger charge is 2.27. The Labute approximate surface area is 183 Å². The van der Waals surface area contributed by atoms with Gasteiger partial charge in [-0.15, -0.1) is 0 Å². The number of ether oxygens (including phenoxy) is 2. The summed E-state index contributed by atoms with van der Waals surface area (Å²) in [7, 11) is 3.44. The first-order chi connectivity index (χ1) is 13.8. The van der Waals surface area contributed by atoms with Crippen LogP contribution in [0.15, 0.2) is 24.3 Å². The fraction of sp³-hybridized carbons (Fsp3) is 0.556. The van der Waals surface area contributed by atoms with Crippen molar-refractivity contribution in [2.75, 3.05) is 14.2 Å². The number of hydrogen-bond donors (Lipinski definition) is 1. The first kappa shape index (κ1) is 24.4. The first-order valence-electron chi connectivity index (χ1n) is 10.8. The molecule has 2 aromatic rings. The number of rotatable bonds is 6. The summed E-state index contributed by atoms with van der Waals surface area (Å²) in [6.07, 6.45) is 0. The minimum absolute atomic E-state index is 0.0266. The Hall–Kier alpha value is -1.84. The smallest absolute Gasteiger partial charge is 0.123 e. The van der Waals surface area contributed by atoms with Crippen molar-refractivity contribution in [1.29, 1.82) is 0 Å². The molecule has 3 nitrogen and oxygen atoms in total. The molecule has 1 N–H and O–H groups in total. The molecule has 0 saturated carbocycles. The number of phenols is 1. The quantitative estimate of drug-likeness (QED) is 0.571. The van der Waals surface area contributed by atoms with Gasteiger partial charge in [0.2, 0.25) is 0 Å². The number of methoxy groups -OCH3 is 2. The molecule has 0 aliphatic carbocycles. The Morgan fingerprint density at radius 1 is 0.767 bits per heavy atom. The standard InChI is InChI=1S/C27H40O3/c1-17(21-11-19(15-29-9)13-23(18(21)2)26(3,4)5)22-12-20(16-30-10)14-24(25(22)28)27(6,7)8/h11-14,17,28H,15-16H2,1-10H3. The topological polar surface area (TPSA) is 38.7 Å². The summed E-state index contributed by atoms with van der Waals surface area (Å²) in [6.45, 7) is 18.6. The normalized spacial score (nSPS) is 13.5. The molecule has 0 bridgehead atoms. The second-order valence-electron chi connectivity index (χ2n) is 10.5. The Morgan fingerprint density at radius 2 is 1.20 bits per heavy atom. The van der Waals surface area contributed by atoms with E-state index in [4.69, 9.17) is 9.47 Å². The summed E-state index contributed by atoms with van der Waals surface area (Å²) in [4.78, 5) is 0. The summed E-state index contributed by atoms with van der Waals surface area (Å²) in [6, 6.07) is 8.66. The van der Waals surface area contributed by atoms with E-state index < -0.39 is 0 Å². The van der Waals surface area contributed by atoms with Gasteiger partial charge in [-0.25, -0.2) is 0 Å². The van der Waals surface area contributed by atoms with Crippen LogP contribution in [0.25, 0.3) is 0 Å². The second kappa shape index (κ2) is 9.11. The number of phenolic OH excluding ortho intramolecular Hbond substituents is 1. The van der Waals surface area contributed by atoms with E-state index in [-0.39, 0.29) is 16.7 Å². The van der Waals surface area contributed by atoms with Gasteiger partial charge in [0.25, 0.3) is 0 Å². The van der Waals surface area contributed by atoms with E-state index in [0.29, 0.717) is 19.0 Å². The SMILES string of the molecule is COCc1cc(C(C)c2cc(COC)cc(C(C)(C)C)c2O)c(C)c(C(C)(C)C)c1. The zero-order valence-corrected chi connectivity index (χ0v) is 20.6. The predicted molar refractivity (Wildman–Crippen MR) is 126 cm³/mol. The molecule has 0 amide bonds. The molecule has 0 aliphatic heterocycles. The minimum Gasteiger partial charge on any atom is -0.507 e. The summed E-state index contributed by atoms with van der Waals surface area (Å²) in [5.41, 5.74) is 7.87. The number of benzene rings is 2. The van der Waals surface area contributed by atoms with Crippen molar-refractivity contribution in [3.8, 4) is 5.75 Å². The Bertz CT molecular complexity index is 809. The molecule has 0 aromatic heterocycles. The van der Waals surface area contributed by atoms with Crippen LogP contribution in [0.2, 0.25) is 0 Å². The highest BCUT2D eigenvalue weighted by Crippen LogP contribution is 2.42. The van der Waals surface area contributed by atoms with Gasteiger partial charge in [0.1, 0.15) is 5.75 Å². The molecule has 0 heterocycles. The minimum atomic E-state index is -0.161. The third-order valence-electron chi connectivity index (χ3n) is 5.88. The molecule has 0 fully saturated rings. The molecular weight excluding hydrogens is 372 g/mol. The predicted octanol–water partition coefficient (Wildman–Crippen LogP) is 6.74. The third kappa shape index (κ3) is 5.25. The molecular formula is C27H40O3. The van der Waals surface area contributed by atoms with Gasteiger partial charge in [0.05, 0.1) is 13.2 Å². The average molecular weight is 413 g/mol. The van der Waals surface area contributed by atoms with Gasteiger partial charge in [0.15, 0.2) is 0 Å². The van der Waals surface area contributed by atoms with E-state index in [9.17, 15) is 5.11 Å². The van der Waals surface area contributed by atoms with E-state index in [2.05, 4.69) is 79.7 Å². The van der Waals surface area contributed by atoms with Crippen LogP contribution in [-0.2, 0) is 33.5 Å². The van der Waals surface area contributed by atoms with E-state index >= 15 is 0 Å². The van der Waals surface area contributed by atoms with E-state index in [1.165, 1.54) is 22.3 Å². The number of hydrogen-bond acceptors (Lipinski definition) is 3. The fourth-order valence-electron chi connectivity index (χ4n) is 4.32. The van der Waals surface area contributed by atoms with E-state index in [1.54, 1.807) is 14.2 Å². The van der Waals surface area contributed by atoms with Crippen LogP contribution in [0.5, 0.6) is 5.75 Å². The van der Waals surface area contributed by atoms with Gasteiger partial charge in [-0.2, -0.15) is 0 Å². The van der Waals surface area contributed by atoms with Crippen LogP contribution in [0, 0.1) is 6.92 Å². The Morgan fingerprint density at radius 3 is 1.63 bits per heavy atom. The third-order valence-corrected chi connectivity index (χ3v) is 5.88. The zero-order chi connectivity index (χ0) is 22.9. The van der Waals surface area contributed by atoms with Gasteiger partial charge in [0, 0.05) is 25.7 Å². The van der Waals surface area contributed by atoms with E-state index in [0.717, 1.165) is 16.7 Å². The van der Waals surface area contributed by atoms with Gasteiger partial charge >= 0.3 is 0 Å². The van der Waals surface area contributed by atoms with Crippen molar-refractivity contribution in [1.82, 2.24) is 0 Å². The molecule has 0 spiro atoms. The van der Waals surface area contributed by atoms with Crippen LogP contribution >= 0.6 is 0 Å². The van der Waals surface area contributed by atoms with E-state index in [1.807, 2.05) is 0 Å². The van der Waals surface area contributed by atoms with Gasteiger partial charge < -0.3 is 14.6 Å². The van der Waals surface area contributed by atoms with Crippen molar-refractivity contribution in [3.63, 3.8) is 0 Å². The van der Waals surface area contributed by atoms with Crippen molar-refractivity contribution < 1.29 is 14.6 Å². The van der Waals surface area contributed by atoms with Crippen molar-refractivity contribution >= 4 is 0 Å². The van der Waals surface area contributed by atoms with Gasteiger partial charge in [-0.3, -0.25) is 0 Å². The molecule has 166 valence electrons. The first-order valence-corrected chi connectivity index (χ1v) is 10.8. The molecule has 0 radical (unpaired) electrons. The summed E-state index contributed by atoms with van der Waals surface area (Å²) < 4.78 is 10.9. The fourth-order valence-corrected chi connectivity index (χ4v) is 4.32. The van der Waals surface area contributed by atoms with Gasteiger partial charge in [-0.05, 0) is 63.3 Å². The highest BCUT2D eigenvalue weighted by molar-refractivity contribution is 5.53. The summed E-state index contributed by atoms with van der Waals surface area (Å²) in [5.74, 6) is 0.435. The monoisotopic (exact) mass is 412 g/mol. The van der Waals surface area contributed by atoms with Crippen molar-refractivity contribution in [3.05, 3.63) is 63.2 Å². The summed E-state index contributed by atoms with van der Waals surface area (Å²) >= 11 is 0. The highest BCUT2D eigenvalue weighted by atomic mass is 16.5. The lowest BCUT2D eigenvalue weighted by atomic mass is 9.77. The maximum absolute atomic E-state index is 11.3. The summed E-state index contributed by atoms with van der Waals surface area (Å²) in [5, 5.41) is 11.3. The molecule has 0 aliphatic rings. The second-order valence-corrected chi connectivity index (χ2v) is 10.5. The average Bonchev–Trinajstić information content (AvgIpc) is 2.62. The molecule has 30 heavy (non-hydrogen) atoms. The molecule has 1 atom stereocenters. The van der Waals surface area contributed by atoms with Crippen LogP contribution in [0.1, 0.15) is 93.3 Å². The van der Waals surface area contributed by atoms with Crippen molar-refractivity contribution in [2.45, 2.75) is 85.4 Å². The molecule has 3 heteroatoms. The largest absolute Gasteiger partial charge is 0.507 e. The van der Waals surface area contributed by atoms with Crippen LogP contribution in [0.3, 0.4) is 0 Å². The molecule has 1 unspecified atom stereocenters. The zero-order valence-electron chi connectivity index (χ0n) is 20.6. The maximum atomic E-state index is 11.3. The number of aromatic hydroxyl groups is 1. The lowest BCUT2D eigenvalue weighted by molar-refractivity contribution is 0.184. The Kier molecular flexibility index (Phi) is 7.42. The molecule has 2 rings (SSSR count). The molecule has 2 aromatic carbocycles. The van der Waals surface area contributed by atoms with Crippen molar-refractivity contribution in [2.24, 2.45) is 0 Å². The van der Waals surface area contributed by atoms with Crippen LogP contribution in [-0.4, -0.2) is 19.3 Å². The maximum Gasteiger partial charge on any atom is 0.123 e. The molecule has 0 saturated heterocycles. The Balaban J connectivity index is 2.74.